The van der Waals surface area contributed by atoms with Crippen molar-refractivity contribution in [3.8, 4) is 5.75 Å². The van der Waals surface area contributed by atoms with Crippen LogP contribution in [0.15, 0.2) is 59.6 Å². The number of hydrogen-bond donors (Lipinski definition) is 1. The molecule has 0 bridgehead atoms. The lowest BCUT2D eigenvalue weighted by atomic mass is 10.2. The maximum Gasteiger partial charge on any atom is 0.141 e. The van der Waals surface area contributed by atoms with Gasteiger partial charge in [-0.05, 0) is 17.7 Å². The van der Waals surface area contributed by atoms with Crippen LogP contribution in [0.2, 0.25) is 5.15 Å². The van der Waals surface area contributed by atoms with Crippen LogP contribution in [0.4, 0.5) is 0 Å². The van der Waals surface area contributed by atoms with Crippen molar-refractivity contribution in [2.24, 2.45) is 0 Å². The molecular weight excluding hydrogens is 290 g/mol. The lowest BCUT2D eigenvalue weighted by Crippen LogP contribution is -1.83. The minimum absolute atomic E-state index is 0.159. The topological polar surface area (TPSA) is 33.1 Å². The third-order valence-corrected chi connectivity index (χ3v) is 4.40. The summed E-state index contributed by atoms with van der Waals surface area (Å²) in [4.78, 5) is 5.03. The summed E-state index contributed by atoms with van der Waals surface area (Å²) in [7, 11) is 0. The minimum atomic E-state index is 0.159. The molecule has 1 aromatic heterocycles. The number of halogens is 1. The van der Waals surface area contributed by atoms with Gasteiger partial charge in [-0.15, -0.1) is 11.8 Å². The molecule has 0 aliphatic carbocycles. The molecule has 4 heteroatoms. The van der Waals surface area contributed by atoms with Gasteiger partial charge in [0, 0.05) is 21.4 Å². The summed E-state index contributed by atoms with van der Waals surface area (Å²) >= 11 is 7.75. The Labute approximate surface area is 126 Å². The van der Waals surface area contributed by atoms with Gasteiger partial charge in [0.25, 0.3) is 0 Å². The summed E-state index contributed by atoms with van der Waals surface area (Å²) in [5.74, 6) is 1.05. The van der Waals surface area contributed by atoms with Crippen molar-refractivity contribution in [1.29, 1.82) is 0 Å². The Morgan fingerprint density at radius 1 is 1.05 bits per heavy atom. The molecule has 0 spiro atoms. The van der Waals surface area contributed by atoms with Crippen molar-refractivity contribution in [1.82, 2.24) is 4.98 Å². The molecule has 0 amide bonds. The van der Waals surface area contributed by atoms with E-state index in [0.29, 0.717) is 5.15 Å². The lowest BCUT2D eigenvalue weighted by Gasteiger charge is -2.06. The van der Waals surface area contributed by atoms with Crippen LogP contribution in [0, 0.1) is 0 Å². The second-order valence-electron chi connectivity index (χ2n) is 4.42. The van der Waals surface area contributed by atoms with E-state index >= 15 is 0 Å². The zero-order valence-corrected chi connectivity index (χ0v) is 12.2. The van der Waals surface area contributed by atoms with Crippen LogP contribution in [-0.2, 0) is 5.75 Å². The standard InChI is InChI=1S/C16H12ClNOS/c17-16-13-7-6-12(8-14(13)15(19)9-18-16)20-10-11-4-2-1-3-5-11/h1-9,19H,10H2. The van der Waals surface area contributed by atoms with Crippen LogP contribution < -0.4 is 0 Å². The fraction of sp³-hybridized carbons (Fsp3) is 0.0625. The fourth-order valence-corrected chi connectivity index (χ4v) is 3.11. The van der Waals surface area contributed by atoms with Crippen molar-refractivity contribution in [3.05, 3.63) is 65.4 Å². The van der Waals surface area contributed by atoms with Gasteiger partial charge in [0.05, 0.1) is 6.20 Å². The third kappa shape index (κ3) is 2.74. The van der Waals surface area contributed by atoms with Crippen molar-refractivity contribution < 1.29 is 5.11 Å². The molecule has 2 nitrogen and oxygen atoms in total. The number of thioether (sulfide) groups is 1. The number of aromatic hydroxyl groups is 1. The average Bonchev–Trinajstić information content (AvgIpc) is 2.50. The number of rotatable bonds is 3. The van der Waals surface area contributed by atoms with E-state index in [0.717, 1.165) is 21.4 Å². The molecule has 3 aromatic rings. The number of fused-ring (bicyclic) bond motifs is 1. The normalized spacial score (nSPS) is 10.8. The number of benzene rings is 2. The van der Waals surface area contributed by atoms with E-state index in [4.69, 9.17) is 11.6 Å². The molecule has 0 radical (unpaired) electrons. The molecule has 20 heavy (non-hydrogen) atoms. The summed E-state index contributed by atoms with van der Waals surface area (Å²) in [5.41, 5.74) is 1.27. The number of pyridine rings is 1. The molecular formula is C16H12ClNOS. The van der Waals surface area contributed by atoms with Crippen molar-refractivity contribution in [3.63, 3.8) is 0 Å². The SMILES string of the molecule is Oc1cnc(Cl)c2ccc(SCc3ccccc3)cc12. The Morgan fingerprint density at radius 3 is 2.65 bits per heavy atom. The van der Waals surface area contributed by atoms with Crippen molar-refractivity contribution in [2.45, 2.75) is 10.6 Å². The number of hydrogen-bond acceptors (Lipinski definition) is 3. The fourth-order valence-electron chi connectivity index (χ4n) is 2.00. The maximum atomic E-state index is 9.87. The largest absolute Gasteiger partial charge is 0.506 e. The smallest absolute Gasteiger partial charge is 0.141 e. The lowest BCUT2D eigenvalue weighted by molar-refractivity contribution is 0.479. The molecule has 0 saturated heterocycles. The van der Waals surface area contributed by atoms with Gasteiger partial charge in [-0.25, -0.2) is 4.98 Å². The van der Waals surface area contributed by atoms with Gasteiger partial charge in [-0.2, -0.15) is 0 Å². The molecule has 0 unspecified atom stereocenters. The zero-order chi connectivity index (χ0) is 13.9. The van der Waals surface area contributed by atoms with Crippen LogP contribution in [0.5, 0.6) is 5.75 Å². The highest BCUT2D eigenvalue weighted by Crippen LogP contribution is 2.33. The molecule has 0 aliphatic rings. The average molecular weight is 302 g/mol. The second kappa shape index (κ2) is 5.73. The van der Waals surface area contributed by atoms with E-state index in [-0.39, 0.29) is 5.75 Å². The molecule has 2 aromatic carbocycles. The third-order valence-electron chi connectivity index (χ3n) is 3.04. The van der Waals surface area contributed by atoms with Gasteiger partial charge in [0.15, 0.2) is 0 Å². The van der Waals surface area contributed by atoms with Crippen molar-refractivity contribution in [2.75, 3.05) is 0 Å². The molecule has 0 atom stereocenters. The van der Waals surface area contributed by atoms with E-state index in [1.54, 1.807) is 11.8 Å². The Bertz CT molecular complexity index is 746. The van der Waals surface area contributed by atoms with E-state index in [1.165, 1.54) is 11.8 Å². The molecule has 0 aliphatic heterocycles. The van der Waals surface area contributed by atoms with Gasteiger partial charge in [-0.3, -0.25) is 0 Å². The van der Waals surface area contributed by atoms with Crippen LogP contribution in [0.3, 0.4) is 0 Å². The zero-order valence-electron chi connectivity index (χ0n) is 10.6. The Balaban J connectivity index is 1.88. The highest BCUT2D eigenvalue weighted by atomic mass is 35.5. The number of nitrogens with zero attached hydrogens (tertiary/aromatic N) is 1. The molecule has 0 fully saturated rings. The van der Waals surface area contributed by atoms with E-state index in [1.807, 2.05) is 36.4 Å². The summed E-state index contributed by atoms with van der Waals surface area (Å²) < 4.78 is 0. The molecule has 1 N–H and O–H groups in total. The monoisotopic (exact) mass is 301 g/mol. The van der Waals surface area contributed by atoms with Gasteiger partial charge < -0.3 is 5.11 Å². The summed E-state index contributed by atoms with van der Waals surface area (Å²) in [6, 6.07) is 16.1. The highest BCUT2D eigenvalue weighted by Gasteiger charge is 2.06. The quantitative estimate of drug-likeness (QED) is 0.552. The predicted octanol–water partition coefficient (Wildman–Crippen LogP) is 4.89. The molecule has 0 saturated carbocycles. The number of aromatic nitrogens is 1. The maximum absolute atomic E-state index is 9.87. The van der Waals surface area contributed by atoms with Gasteiger partial charge >= 0.3 is 0 Å². The predicted molar refractivity (Wildman–Crippen MR) is 84.4 cm³/mol. The van der Waals surface area contributed by atoms with E-state index in [9.17, 15) is 5.11 Å². The van der Waals surface area contributed by atoms with Crippen molar-refractivity contribution >= 4 is 34.1 Å². The second-order valence-corrected chi connectivity index (χ2v) is 5.82. The first kappa shape index (κ1) is 13.3. The van der Waals surface area contributed by atoms with E-state index in [2.05, 4.69) is 17.1 Å². The Hall–Kier alpha value is -1.71. The van der Waals surface area contributed by atoms with Gasteiger partial charge in [0.2, 0.25) is 0 Å². The molecule has 1 heterocycles. The van der Waals surface area contributed by atoms with E-state index < -0.39 is 0 Å². The first-order chi connectivity index (χ1) is 9.74. The minimum Gasteiger partial charge on any atom is -0.506 e. The Morgan fingerprint density at radius 2 is 1.85 bits per heavy atom. The summed E-state index contributed by atoms with van der Waals surface area (Å²) in [5, 5.41) is 11.8. The molecule has 3 rings (SSSR count). The summed E-state index contributed by atoms with van der Waals surface area (Å²) in [6.07, 6.45) is 1.39. The van der Waals surface area contributed by atoms with Crippen LogP contribution in [-0.4, -0.2) is 10.1 Å². The van der Waals surface area contributed by atoms with Crippen LogP contribution in [0.1, 0.15) is 5.56 Å². The van der Waals surface area contributed by atoms with Gasteiger partial charge in [0.1, 0.15) is 10.9 Å². The van der Waals surface area contributed by atoms with Crippen LogP contribution in [0.25, 0.3) is 10.8 Å². The van der Waals surface area contributed by atoms with Gasteiger partial charge in [-0.1, -0.05) is 48.0 Å². The Kier molecular flexibility index (Phi) is 3.81. The first-order valence-corrected chi connectivity index (χ1v) is 7.54. The summed E-state index contributed by atoms with van der Waals surface area (Å²) in [6.45, 7) is 0. The highest BCUT2D eigenvalue weighted by molar-refractivity contribution is 7.98. The van der Waals surface area contributed by atoms with Crippen LogP contribution >= 0.6 is 23.4 Å². The first-order valence-electron chi connectivity index (χ1n) is 6.18. The molecule has 100 valence electrons.